The zero-order valence-corrected chi connectivity index (χ0v) is 6.32. The molecular weight excluding hydrogens is 136 g/mol. The molecule has 3 heteroatoms. The monoisotopic (exact) mass is 149 g/mol. The van der Waals surface area contributed by atoms with Crippen molar-refractivity contribution in [2.24, 2.45) is 0 Å². The van der Waals surface area contributed by atoms with Crippen LogP contribution >= 0.6 is 0 Å². The van der Waals surface area contributed by atoms with Gasteiger partial charge in [-0.1, -0.05) is 12.2 Å². The summed E-state index contributed by atoms with van der Waals surface area (Å²) in [4.78, 5) is 0. The van der Waals surface area contributed by atoms with Crippen LogP contribution in [0.25, 0.3) is 0 Å². The average Bonchev–Trinajstić information content (AvgIpc) is 1.78. The third-order valence-electron chi connectivity index (χ3n) is 0.933. The number of hydrogen-bond donors (Lipinski definition) is 1. The molecule has 0 amide bonds. The van der Waals surface area contributed by atoms with Gasteiger partial charge in [-0.05, 0) is 6.92 Å². The van der Waals surface area contributed by atoms with Crippen molar-refractivity contribution in [3.63, 3.8) is 0 Å². The molecule has 0 aromatic heterocycles. The molecule has 1 N–H and O–H groups in total. The summed E-state index contributed by atoms with van der Waals surface area (Å²) in [5.74, 6) is -2.60. The van der Waals surface area contributed by atoms with E-state index in [-0.39, 0.29) is 6.54 Å². The molecule has 0 atom stereocenters. The molecule has 0 aliphatic rings. The van der Waals surface area contributed by atoms with Gasteiger partial charge in [-0.2, -0.15) is 0 Å². The van der Waals surface area contributed by atoms with Gasteiger partial charge < -0.3 is 5.32 Å². The summed E-state index contributed by atoms with van der Waals surface area (Å²) in [5.41, 5.74) is 0. The van der Waals surface area contributed by atoms with Crippen LogP contribution in [-0.4, -0.2) is 19.0 Å². The van der Waals surface area contributed by atoms with Crippen molar-refractivity contribution < 1.29 is 8.78 Å². The van der Waals surface area contributed by atoms with Gasteiger partial charge in [0.15, 0.2) is 0 Å². The minimum absolute atomic E-state index is 0.253. The van der Waals surface area contributed by atoms with Gasteiger partial charge in [-0.3, -0.25) is 0 Å². The van der Waals surface area contributed by atoms with Crippen LogP contribution < -0.4 is 5.32 Å². The predicted molar refractivity (Wildman–Crippen MR) is 38.3 cm³/mol. The van der Waals surface area contributed by atoms with E-state index in [0.29, 0.717) is 6.54 Å². The van der Waals surface area contributed by atoms with Crippen molar-refractivity contribution in [1.29, 1.82) is 0 Å². The van der Waals surface area contributed by atoms with E-state index < -0.39 is 5.92 Å². The molecule has 0 radical (unpaired) electrons. The smallest absolute Gasteiger partial charge is 0.257 e. The van der Waals surface area contributed by atoms with E-state index in [2.05, 4.69) is 5.32 Å². The first-order valence-electron chi connectivity index (χ1n) is 3.26. The van der Waals surface area contributed by atoms with Crippen molar-refractivity contribution in [2.45, 2.75) is 19.8 Å². The molecule has 0 aliphatic carbocycles. The van der Waals surface area contributed by atoms with Gasteiger partial charge in [0.05, 0.1) is 6.54 Å². The number of nitrogens with one attached hydrogen (secondary N) is 1. The fourth-order valence-corrected chi connectivity index (χ4v) is 0.493. The molecule has 0 saturated carbocycles. The summed E-state index contributed by atoms with van der Waals surface area (Å²) in [6, 6.07) is 0. The van der Waals surface area contributed by atoms with Gasteiger partial charge in [0.25, 0.3) is 5.92 Å². The summed E-state index contributed by atoms with van der Waals surface area (Å²) in [6.45, 7) is 3.01. The Hall–Kier alpha value is -0.440. The molecule has 0 fully saturated rings. The van der Waals surface area contributed by atoms with E-state index in [4.69, 9.17) is 0 Å². The average molecular weight is 149 g/mol. The van der Waals surface area contributed by atoms with Crippen molar-refractivity contribution in [1.82, 2.24) is 5.32 Å². The molecule has 0 heterocycles. The topological polar surface area (TPSA) is 12.0 Å². The minimum Gasteiger partial charge on any atom is -0.308 e. The number of rotatable bonds is 4. The van der Waals surface area contributed by atoms with Gasteiger partial charge in [0, 0.05) is 13.5 Å². The van der Waals surface area contributed by atoms with E-state index in [9.17, 15) is 8.78 Å². The highest BCUT2D eigenvalue weighted by molar-refractivity contribution is 4.80. The number of halogens is 2. The van der Waals surface area contributed by atoms with Crippen LogP contribution in [0.5, 0.6) is 0 Å². The van der Waals surface area contributed by atoms with Crippen LogP contribution in [0, 0.1) is 0 Å². The highest BCUT2D eigenvalue weighted by Crippen LogP contribution is 2.08. The fraction of sp³-hybridized carbons (Fsp3) is 0.714. The van der Waals surface area contributed by atoms with Crippen LogP contribution in [0.2, 0.25) is 0 Å². The van der Waals surface area contributed by atoms with Crippen molar-refractivity contribution in [2.75, 3.05) is 13.1 Å². The molecule has 0 bridgehead atoms. The normalized spacial score (nSPS) is 12.8. The second-order valence-corrected chi connectivity index (χ2v) is 2.27. The summed E-state index contributed by atoms with van der Waals surface area (Å²) < 4.78 is 24.1. The Morgan fingerprint density at radius 1 is 1.50 bits per heavy atom. The SMILES string of the molecule is C/C=C/CNCC(C)(F)F. The fourth-order valence-electron chi connectivity index (χ4n) is 0.493. The second kappa shape index (κ2) is 4.39. The maximum absolute atomic E-state index is 12.1. The molecular formula is C7H13F2N. The van der Waals surface area contributed by atoms with Gasteiger partial charge in [-0.15, -0.1) is 0 Å². The first kappa shape index (κ1) is 9.56. The molecule has 0 unspecified atom stereocenters. The lowest BCUT2D eigenvalue weighted by Crippen LogP contribution is -2.29. The number of allylic oxidation sites excluding steroid dienone is 1. The summed E-state index contributed by atoms with van der Waals surface area (Å²) in [5, 5.41) is 2.59. The molecule has 1 nitrogen and oxygen atoms in total. The van der Waals surface area contributed by atoms with E-state index in [1.807, 2.05) is 13.0 Å². The van der Waals surface area contributed by atoms with Crippen LogP contribution in [-0.2, 0) is 0 Å². The Balaban J connectivity index is 3.20. The molecule has 0 rings (SSSR count). The van der Waals surface area contributed by atoms with Crippen LogP contribution in [0.4, 0.5) is 8.78 Å². The first-order chi connectivity index (χ1) is 4.56. The number of alkyl halides is 2. The quantitative estimate of drug-likeness (QED) is 0.474. The lowest BCUT2D eigenvalue weighted by molar-refractivity contribution is 0.0237. The van der Waals surface area contributed by atoms with E-state index >= 15 is 0 Å². The van der Waals surface area contributed by atoms with Crippen LogP contribution in [0.3, 0.4) is 0 Å². The minimum atomic E-state index is -2.60. The lowest BCUT2D eigenvalue weighted by atomic mass is 10.4. The molecule has 0 saturated heterocycles. The lowest BCUT2D eigenvalue weighted by Gasteiger charge is -2.09. The molecule has 60 valence electrons. The Bertz CT molecular complexity index is 105. The summed E-state index contributed by atoms with van der Waals surface area (Å²) in [7, 11) is 0. The molecule has 10 heavy (non-hydrogen) atoms. The third kappa shape index (κ3) is 7.56. The predicted octanol–water partition coefficient (Wildman–Crippen LogP) is 1.81. The largest absolute Gasteiger partial charge is 0.308 e. The maximum Gasteiger partial charge on any atom is 0.257 e. The van der Waals surface area contributed by atoms with Crippen LogP contribution in [0.15, 0.2) is 12.2 Å². The summed E-state index contributed by atoms with van der Waals surface area (Å²) >= 11 is 0. The van der Waals surface area contributed by atoms with Crippen molar-refractivity contribution in [3.05, 3.63) is 12.2 Å². The standard InChI is InChI=1S/C7H13F2N/c1-3-4-5-10-6-7(2,8)9/h3-4,10H,5-6H2,1-2H3/b4-3+. The Labute approximate surface area is 60.1 Å². The first-order valence-corrected chi connectivity index (χ1v) is 3.26. The molecule has 0 aliphatic heterocycles. The van der Waals surface area contributed by atoms with E-state index in [0.717, 1.165) is 6.92 Å². The van der Waals surface area contributed by atoms with Crippen molar-refractivity contribution >= 4 is 0 Å². The Morgan fingerprint density at radius 2 is 2.10 bits per heavy atom. The highest BCUT2D eigenvalue weighted by Gasteiger charge is 2.18. The highest BCUT2D eigenvalue weighted by atomic mass is 19.3. The molecule has 0 spiro atoms. The van der Waals surface area contributed by atoms with Gasteiger partial charge in [-0.25, -0.2) is 8.78 Å². The molecule has 0 aromatic rings. The third-order valence-corrected chi connectivity index (χ3v) is 0.933. The Morgan fingerprint density at radius 3 is 2.50 bits per heavy atom. The van der Waals surface area contributed by atoms with Crippen molar-refractivity contribution in [3.8, 4) is 0 Å². The van der Waals surface area contributed by atoms with Gasteiger partial charge in [0.1, 0.15) is 0 Å². The molecule has 0 aromatic carbocycles. The zero-order chi connectivity index (χ0) is 8.04. The van der Waals surface area contributed by atoms with E-state index in [1.54, 1.807) is 6.08 Å². The summed E-state index contributed by atoms with van der Waals surface area (Å²) in [6.07, 6.45) is 3.62. The van der Waals surface area contributed by atoms with Crippen LogP contribution in [0.1, 0.15) is 13.8 Å². The van der Waals surface area contributed by atoms with Gasteiger partial charge in [0.2, 0.25) is 0 Å². The second-order valence-electron chi connectivity index (χ2n) is 2.27. The van der Waals surface area contributed by atoms with E-state index in [1.165, 1.54) is 0 Å². The maximum atomic E-state index is 12.1. The Kier molecular flexibility index (Phi) is 4.19. The van der Waals surface area contributed by atoms with Gasteiger partial charge >= 0.3 is 0 Å². The zero-order valence-electron chi connectivity index (χ0n) is 6.32. The number of hydrogen-bond acceptors (Lipinski definition) is 1.